The monoisotopic (exact) mass is 1260 g/mol. The highest BCUT2D eigenvalue weighted by atomic mass is 32.2. The smallest absolute Gasteiger partial charge is 0.304 e. The highest BCUT2D eigenvalue weighted by Crippen LogP contribution is 2.30. The van der Waals surface area contributed by atoms with Gasteiger partial charge in [0, 0.05) is 112 Å². The molecule has 32 heteroatoms. The molecule has 12 amide bonds. The van der Waals surface area contributed by atoms with Crippen LogP contribution in [0.4, 0.5) is 0 Å². The van der Waals surface area contributed by atoms with Crippen molar-refractivity contribution in [3.05, 3.63) is 53.6 Å². The summed E-state index contributed by atoms with van der Waals surface area (Å²) in [6, 6.07) is -4.17. The number of aromatic nitrogens is 1. The number of carboxylic acid groups (broad SMARTS) is 1. The number of aliphatic hydroxyl groups is 3. The van der Waals surface area contributed by atoms with Crippen molar-refractivity contribution in [2.45, 2.75) is 120 Å². The Morgan fingerprint density at radius 3 is 1.94 bits per heavy atom. The van der Waals surface area contributed by atoms with Crippen LogP contribution in [0.25, 0.3) is 10.9 Å². The fourth-order valence-corrected chi connectivity index (χ4v) is 12.4. The molecule has 5 aliphatic heterocycles. The Bertz CT molecular complexity index is 3230. The van der Waals surface area contributed by atoms with Gasteiger partial charge in [0.25, 0.3) is 23.6 Å². The van der Waals surface area contributed by atoms with E-state index < -0.39 is 223 Å². The van der Waals surface area contributed by atoms with Crippen molar-refractivity contribution in [3.8, 4) is 0 Å². The minimum atomic E-state index is -2.52. The van der Waals surface area contributed by atoms with Crippen molar-refractivity contribution in [1.29, 1.82) is 0 Å². The van der Waals surface area contributed by atoms with Gasteiger partial charge in [0.15, 0.2) is 5.78 Å². The van der Waals surface area contributed by atoms with E-state index in [-0.39, 0.29) is 66.1 Å². The van der Waals surface area contributed by atoms with E-state index in [4.69, 9.17) is 0 Å². The Morgan fingerprint density at radius 2 is 1.35 bits per heavy atom. The first-order valence-electron chi connectivity index (χ1n) is 28.8. The minimum Gasteiger partial charge on any atom is -0.481 e. The van der Waals surface area contributed by atoms with Crippen LogP contribution in [-0.2, 0) is 95.6 Å². The predicted octanol–water partition coefficient (Wildman–Crippen LogP) is -5.37. The number of aliphatic hydroxyl groups excluding tert-OH is 3. The van der Waals surface area contributed by atoms with Gasteiger partial charge in [-0.3, -0.25) is 85.9 Å². The normalized spacial score (nSPS) is 25.4. The van der Waals surface area contributed by atoms with Gasteiger partial charge in [-0.25, -0.2) is 0 Å². The number of nitrogens with one attached hydrogen (secondary N) is 7. The van der Waals surface area contributed by atoms with Gasteiger partial charge >= 0.3 is 5.97 Å². The Kier molecular flexibility index (Phi) is 22.7. The van der Waals surface area contributed by atoms with Gasteiger partial charge in [0.1, 0.15) is 35.0 Å². The topological polar surface area (TPSA) is 455 Å². The number of amides is 12. The molecule has 11 N–H and O–H groups in total. The highest BCUT2D eigenvalue weighted by molar-refractivity contribution is 7.85. The van der Waals surface area contributed by atoms with Crippen LogP contribution in [0.1, 0.15) is 70.4 Å². The van der Waals surface area contributed by atoms with Crippen molar-refractivity contribution < 1.29 is 96.6 Å². The molecule has 11 atom stereocenters. The number of carbonyl (C=O) groups is 15. The zero-order valence-corrected chi connectivity index (χ0v) is 49.7. The first-order valence-corrected chi connectivity index (χ1v) is 30.1. The van der Waals surface area contributed by atoms with Gasteiger partial charge in [-0.1, -0.05) is 33.3 Å². The lowest BCUT2D eigenvalue weighted by molar-refractivity contribution is -0.148. The number of hydrogen-bond acceptors (Lipinski definition) is 19. The molecule has 2 bridgehead atoms. The summed E-state index contributed by atoms with van der Waals surface area (Å²) in [5.41, 5.74) is 0.397. The molecule has 1 aromatic heterocycles. The molecule has 31 nitrogen and oxygen atoms in total. The number of nitrogens with zero attached hydrogens (tertiary/aromatic N) is 4. The zero-order valence-electron chi connectivity index (χ0n) is 48.9. The van der Waals surface area contributed by atoms with Crippen molar-refractivity contribution in [1.82, 2.24) is 56.5 Å². The summed E-state index contributed by atoms with van der Waals surface area (Å²) in [5.74, 6) is -18.3. The van der Waals surface area contributed by atoms with Crippen LogP contribution in [0.5, 0.6) is 0 Å². The second kappa shape index (κ2) is 29.9. The molecule has 1 aromatic carbocycles. The largest absolute Gasteiger partial charge is 0.481 e. The Morgan fingerprint density at radius 1 is 0.742 bits per heavy atom. The third-order valence-corrected chi connectivity index (χ3v) is 17.7. The van der Waals surface area contributed by atoms with Gasteiger partial charge in [0.05, 0.1) is 66.8 Å². The molecular formula is C57H71N11O20S. The Hall–Kier alpha value is -8.88. The van der Waals surface area contributed by atoms with Crippen molar-refractivity contribution >= 4 is 110 Å². The number of ketones is 2. The van der Waals surface area contributed by atoms with E-state index in [1.807, 2.05) is 0 Å². The number of rotatable bonds is 18. The zero-order chi connectivity index (χ0) is 65.1. The van der Waals surface area contributed by atoms with Gasteiger partial charge in [-0.15, -0.1) is 0 Å². The number of aromatic amines is 1. The van der Waals surface area contributed by atoms with Crippen LogP contribution in [0.2, 0.25) is 0 Å². The van der Waals surface area contributed by atoms with Crippen molar-refractivity contribution in [2.75, 3.05) is 58.2 Å². The summed E-state index contributed by atoms with van der Waals surface area (Å²) in [5, 5.41) is 56.6. The maximum Gasteiger partial charge on any atom is 0.304 e. The number of carbonyl (C=O) groups excluding carboxylic acids is 14. The Labute approximate surface area is 510 Å². The van der Waals surface area contributed by atoms with E-state index in [1.165, 1.54) is 30.0 Å². The molecule has 6 heterocycles. The van der Waals surface area contributed by atoms with E-state index in [2.05, 4.69) is 36.9 Å². The quantitative estimate of drug-likeness (QED) is 0.0621. The molecular weight excluding hydrogens is 1190 g/mol. The second-order valence-electron chi connectivity index (χ2n) is 22.5. The molecule has 0 aliphatic carbocycles. The van der Waals surface area contributed by atoms with E-state index in [0.717, 1.165) is 39.0 Å². The first kappa shape index (κ1) is 67.6. The lowest BCUT2D eigenvalue weighted by atomic mass is 9.93. The van der Waals surface area contributed by atoms with Crippen LogP contribution in [-0.4, -0.2) is 238 Å². The van der Waals surface area contributed by atoms with Crippen LogP contribution in [0.15, 0.2) is 47.5 Å². The molecule has 3 unspecified atom stereocenters. The van der Waals surface area contributed by atoms with Crippen LogP contribution >= 0.6 is 0 Å². The first-order chi connectivity index (χ1) is 42.2. The number of imide groups is 2. The lowest BCUT2D eigenvalue weighted by Gasteiger charge is -2.32. The summed E-state index contributed by atoms with van der Waals surface area (Å²) in [7, 11) is -2.52. The van der Waals surface area contributed by atoms with Gasteiger partial charge in [0.2, 0.25) is 47.3 Å². The third kappa shape index (κ3) is 16.8. The molecule has 0 saturated carbocycles. The Balaban J connectivity index is 1.30. The molecule has 89 heavy (non-hydrogen) atoms. The molecule has 2 aromatic rings. The molecule has 0 radical (unpaired) electrons. The molecule has 7 rings (SSSR count). The maximum atomic E-state index is 15.2. The number of carboxylic acids is 1. The molecule has 0 spiro atoms. The summed E-state index contributed by atoms with van der Waals surface area (Å²) >= 11 is 0. The van der Waals surface area contributed by atoms with Crippen LogP contribution in [0, 0.1) is 17.8 Å². The number of benzene rings is 1. The standard InChI is InChI=1S/C57H71N11O20S/c1-4-28(2)50-54(85)59-23-42(74)60-38-27-89(88)56-35(34-18-30(5-7-36(34)62-56)17-32(70)6-8-44(76)65(13-15-66-45(77)9-10-46(66)78)14-16-67-47(79)11-12-48(67)80)22-37(52(83)58-24-43(75)63-50)61-55(86)51(29(3)41(73)26-69)64-53(84)39-21-33(71)25-68(39)57(87)31(19-40(38)72)20-49(81)82/h5,7,9-12,18,28-29,31,33,37-39,41,50-51,62,69,71,73H,4,6,8,13-17,19-27H2,1-3H3,(H,58,83)(H,59,85)(H,60,74)(H,61,86)(H,63,75)(H,64,84)(H,81,82)/t28-,29?,31-,33+,37-,38-,39-,41?,50-,51-,89?/m0/s1. The van der Waals surface area contributed by atoms with E-state index >= 15 is 4.21 Å². The second-order valence-corrected chi connectivity index (χ2v) is 23.9. The number of fused-ring (bicyclic) bond motifs is 5. The lowest BCUT2D eigenvalue weighted by Crippen LogP contribution is -2.61. The summed E-state index contributed by atoms with van der Waals surface area (Å²) < 4.78 is 15.2. The number of H-pyrrole nitrogens is 1. The molecule has 1 saturated heterocycles. The van der Waals surface area contributed by atoms with Crippen LogP contribution in [0.3, 0.4) is 0 Å². The molecule has 5 aliphatic rings. The highest BCUT2D eigenvalue weighted by Gasteiger charge is 2.45. The van der Waals surface area contributed by atoms with E-state index in [1.54, 1.807) is 13.8 Å². The van der Waals surface area contributed by atoms with Gasteiger partial charge in [-0.05, 0) is 29.2 Å². The van der Waals surface area contributed by atoms with Gasteiger partial charge < -0.3 is 67.1 Å². The predicted molar refractivity (Wildman–Crippen MR) is 306 cm³/mol. The van der Waals surface area contributed by atoms with Crippen molar-refractivity contribution in [3.63, 3.8) is 0 Å². The number of Topliss-reactive ketones (excluding diaryl/α,β-unsaturated/α-hetero) is 2. The summed E-state index contributed by atoms with van der Waals surface area (Å²) in [4.78, 5) is 210. The van der Waals surface area contributed by atoms with E-state index in [9.17, 15) is 92.3 Å². The average molecular weight is 1260 g/mol. The fraction of sp³-hybridized carbons (Fsp3) is 0.526. The minimum absolute atomic E-state index is 0.0407. The third-order valence-electron chi connectivity index (χ3n) is 16.2. The maximum absolute atomic E-state index is 15.2. The number of hydrogen-bond donors (Lipinski definition) is 11. The summed E-state index contributed by atoms with van der Waals surface area (Å²) in [6.07, 6.45) is -2.98. The van der Waals surface area contributed by atoms with Crippen molar-refractivity contribution in [2.24, 2.45) is 17.8 Å². The fourth-order valence-electron chi connectivity index (χ4n) is 10.9. The van der Waals surface area contributed by atoms with E-state index in [0.29, 0.717) is 6.42 Å². The summed E-state index contributed by atoms with van der Waals surface area (Å²) in [6.45, 7) is 0.433. The molecule has 480 valence electrons. The van der Waals surface area contributed by atoms with Crippen LogP contribution < -0.4 is 31.9 Å². The molecule has 1 fully saturated rings. The van der Waals surface area contributed by atoms with Gasteiger partial charge in [-0.2, -0.15) is 0 Å². The SMILES string of the molecule is CC[C@H](C)[C@@H]1NC(=O)CNC(=O)[C@@H]2Cc3c([nH]c4ccc(CC(=O)CCC(=O)N(CCN5C(=O)C=CC5=O)CCN5C(=O)C=CC5=O)cc34)S(=O)C[C@H](NC(=O)CNC1=O)C(=O)C[C@@H](CC(=O)O)C(=O)N1C[C@H](O)C[C@H]1C(=O)N[C@@H](C(C)C(O)CO)C(=O)N2. The number of aliphatic carboxylic acids is 1. The average Bonchev–Trinajstić information content (AvgIpc) is 1.72.